The van der Waals surface area contributed by atoms with E-state index in [0.717, 1.165) is 45.2 Å². The monoisotopic (exact) mass is 478 g/mol. The standard InChI is InChI=1S/C25H17Cl3N4/c1-15-24(17-7-9-18(26)10-8-17)25-30-22(16-5-3-2-4-6-16)14-23(32(25)31-15)29-19-11-12-20(27)21(28)13-19/h2-14,29H,1H3. The molecular formula is C25H17Cl3N4. The first kappa shape index (κ1) is 20.8. The van der Waals surface area contributed by atoms with Gasteiger partial charge >= 0.3 is 0 Å². The molecule has 2 heterocycles. The van der Waals surface area contributed by atoms with Crippen LogP contribution < -0.4 is 5.32 Å². The quantitative estimate of drug-likeness (QED) is 0.283. The van der Waals surface area contributed by atoms with Crippen molar-refractivity contribution in [3.63, 3.8) is 0 Å². The average molecular weight is 480 g/mol. The van der Waals surface area contributed by atoms with E-state index in [4.69, 9.17) is 44.9 Å². The van der Waals surface area contributed by atoms with E-state index >= 15 is 0 Å². The summed E-state index contributed by atoms with van der Waals surface area (Å²) in [5.41, 5.74) is 6.20. The fourth-order valence-electron chi connectivity index (χ4n) is 3.65. The molecule has 5 aromatic rings. The van der Waals surface area contributed by atoms with Crippen molar-refractivity contribution in [1.29, 1.82) is 0 Å². The van der Waals surface area contributed by atoms with Gasteiger partial charge in [-0.15, -0.1) is 0 Å². The highest BCUT2D eigenvalue weighted by Crippen LogP contribution is 2.34. The van der Waals surface area contributed by atoms with Gasteiger partial charge < -0.3 is 5.32 Å². The number of aryl methyl sites for hydroxylation is 1. The van der Waals surface area contributed by atoms with Crippen LogP contribution in [0.4, 0.5) is 11.5 Å². The molecule has 3 aromatic carbocycles. The Morgan fingerprint density at radius 1 is 0.781 bits per heavy atom. The summed E-state index contributed by atoms with van der Waals surface area (Å²) >= 11 is 18.4. The molecule has 0 fully saturated rings. The second kappa shape index (κ2) is 8.47. The molecule has 0 aliphatic heterocycles. The van der Waals surface area contributed by atoms with E-state index in [1.165, 1.54) is 0 Å². The molecule has 0 bridgehead atoms. The molecule has 0 saturated heterocycles. The van der Waals surface area contributed by atoms with Crippen LogP contribution in [0.2, 0.25) is 15.1 Å². The van der Waals surface area contributed by atoms with Crippen LogP contribution in [-0.2, 0) is 0 Å². The fourth-order valence-corrected chi connectivity index (χ4v) is 4.07. The predicted octanol–water partition coefficient (Wildman–Crippen LogP) is 8.08. The number of hydrogen-bond donors (Lipinski definition) is 1. The summed E-state index contributed by atoms with van der Waals surface area (Å²) in [4.78, 5) is 4.98. The SMILES string of the molecule is Cc1nn2c(Nc3ccc(Cl)c(Cl)c3)cc(-c3ccccc3)nc2c1-c1ccc(Cl)cc1. The zero-order chi connectivity index (χ0) is 22.2. The highest BCUT2D eigenvalue weighted by atomic mass is 35.5. The van der Waals surface area contributed by atoms with Crippen LogP contribution in [-0.4, -0.2) is 14.6 Å². The minimum atomic E-state index is 0.476. The van der Waals surface area contributed by atoms with Crippen molar-refractivity contribution in [1.82, 2.24) is 14.6 Å². The van der Waals surface area contributed by atoms with Crippen LogP contribution in [0, 0.1) is 6.92 Å². The van der Waals surface area contributed by atoms with Crippen molar-refractivity contribution in [3.05, 3.63) is 99.6 Å². The fraction of sp³-hybridized carbons (Fsp3) is 0.0400. The van der Waals surface area contributed by atoms with Gasteiger partial charge in [0.15, 0.2) is 5.65 Å². The molecule has 0 saturated carbocycles. The summed E-state index contributed by atoms with van der Waals surface area (Å²) in [7, 11) is 0. The largest absolute Gasteiger partial charge is 0.340 e. The zero-order valence-electron chi connectivity index (χ0n) is 17.0. The van der Waals surface area contributed by atoms with E-state index in [2.05, 4.69) is 5.32 Å². The van der Waals surface area contributed by atoms with Gasteiger partial charge in [-0.05, 0) is 42.8 Å². The third-order valence-corrected chi connectivity index (χ3v) is 6.15. The van der Waals surface area contributed by atoms with Crippen LogP contribution in [0.5, 0.6) is 0 Å². The van der Waals surface area contributed by atoms with E-state index in [-0.39, 0.29) is 0 Å². The van der Waals surface area contributed by atoms with E-state index in [0.29, 0.717) is 15.1 Å². The summed E-state index contributed by atoms with van der Waals surface area (Å²) in [6.07, 6.45) is 0. The van der Waals surface area contributed by atoms with Gasteiger partial charge in [0.05, 0.1) is 21.4 Å². The lowest BCUT2D eigenvalue weighted by Crippen LogP contribution is -2.03. The third-order valence-electron chi connectivity index (χ3n) is 5.16. The normalized spacial score (nSPS) is 11.1. The molecule has 158 valence electrons. The number of fused-ring (bicyclic) bond motifs is 1. The lowest BCUT2D eigenvalue weighted by atomic mass is 10.1. The number of hydrogen-bond acceptors (Lipinski definition) is 3. The Hall–Kier alpha value is -3.05. The van der Waals surface area contributed by atoms with Gasteiger partial charge in [-0.3, -0.25) is 0 Å². The number of nitrogens with one attached hydrogen (secondary N) is 1. The van der Waals surface area contributed by atoms with Crippen molar-refractivity contribution in [2.75, 3.05) is 5.32 Å². The highest BCUT2D eigenvalue weighted by Gasteiger charge is 2.18. The van der Waals surface area contributed by atoms with Gasteiger partial charge in [0, 0.05) is 27.9 Å². The summed E-state index contributed by atoms with van der Waals surface area (Å²) in [6.45, 7) is 1.98. The van der Waals surface area contributed by atoms with Crippen LogP contribution in [0.3, 0.4) is 0 Å². The minimum Gasteiger partial charge on any atom is -0.340 e. The van der Waals surface area contributed by atoms with E-state index in [1.807, 2.05) is 78.2 Å². The number of halogens is 3. The number of benzene rings is 3. The van der Waals surface area contributed by atoms with Crippen molar-refractivity contribution in [2.24, 2.45) is 0 Å². The molecule has 4 nitrogen and oxygen atoms in total. The van der Waals surface area contributed by atoms with Gasteiger partial charge in [-0.25, -0.2) is 4.98 Å². The molecule has 32 heavy (non-hydrogen) atoms. The molecule has 7 heteroatoms. The molecule has 0 unspecified atom stereocenters. The lowest BCUT2D eigenvalue weighted by Gasteiger charge is -2.12. The molecule has 2 aromatic heterocycles. The Morgan fingerprint density at radius 2 is 1.53 bits per heavy atom. The van der Waals surface area contributed by atoms with E-state index in [1.54, 1.807) is 12.1 Å². The summed E-state index contributed by atoms with van der Waals surface area (Å²) < 4.78 is 1.81. The summed E-state index contributed by atoms with van der Waals surface area (Å²) in [5.74, 6) is 0.760. The van der Waals surface area contributed by atoms with Gasteiger partial charge in [0.2, 0.25) is 0 Å². The zero-order valence-corrected chi connectivity index (χ0v) is 19.2. The number of rotatable bonds is 4. The van der Waals surface area contributed by atoms with E-state index in [9.17, 15) is 0 Å². The van der Waals surface area contributed by atoms with Gasteiger partial charge in [0.25, 0.3) is 0 Å². The number of aromatic nitrogens is 3. The highest BCUT2D eigenvalue weighted by molar-refractivity contribution is 6.42. The maximum Gasteiger partial charge on any atom is 0.166 e. The summed E-state index contributed by atoms with van der Waals surface area (Å²) in [5, 5.41) is 9.87. The first-order chi connectivity index (χ1) is 15.5. The van der Waals surface area contributed by atoms with Crippen LogP contribution in [0.15, 0.2) is 78.9 Å². The van der Waals surface area contributed by atoms with Crippen LogP contribution in [0.25, 0.3) is 28.0 Å². The van der Waals surface area contributed by atoms with Crippen LogP contribution >= 0.6 is 34.8 Å². The molecule has 0 aliphatic rings. The van der Waals surface area contributed by atoms with Crippen molar-refractivity contribution >= 4 is 52.0 Å². The molecule has 0 spiro atoms. The lowest BCUT2D eigenvalue weighted by molar-refractivity contribution is 0.926. The number of anilines is 2. The second-order valence-corrected chi connectivity index (χ2v) is 8.60. The Balaban J connectivity index is 1.74. The average Bonchev–Trinajstić information content (AvgIpc) is 3.13. The van der Waals surface area contributed by atoms with Crippen molar-refractivity contribution < 1.29 is 0 Å². The van der Waals surface area contributed by atoms with Gasteiger partial charge in [-0.1, -0.05) is 77.3 Å². The van der Waals surface area contributed by atoms with Gasteiger partial charge in [0.1, 0.15) is 5.82 Å². The molecule has 0 radical (unpaired) electrons. The first-order valence-electron chi connectivity index (χ1n) is 9.93. The first-order valence-corrected chi connectivity index (χ1v) is 11.1. The molecule has 0 amide bonds. The topological polar surface area (TPSA) is 42.2 Å². The van der Waals surface area contributed by atoms with E-state index < -0.39 is 0 Å². The number of nitrogens with zero attached hydrogens (tertiary/aromatic N) is 3. The molecule has 0 aliphatic carbocycles. The molecule has 5 rings (SSSR count). The molecule has 1 N–H and O–H groups in total. The predicted molar refractivity (Wildman–Crippen MR) is 133 cm³/mol. The molecular weight excluding hydrogens is 463 g/mol. The minimum absolute atomic E-state index is 0.476. The maximum absolute atomic E-state index is 6.23. The maximum atomic E-state index is 6.23. The third kappa shape index (κ3) is 3.93. The van der Waals surface area contributed by atoms with Crippen molar-refractivity contribution in [2.45, 2.75) is 6.92 Å². The second-order valence-electron chi connectivity index (χ2n) is 7.35. The Labute approximate surface area is 200 Å². The van der Waals surface area contributed by atoms with Gasteiger partial charge in [-0.2, -0.15) is 9.61 Å². The Kier molecular flexibility index (Phi) is 5.51. The molecule has 0 atom stereocenters. The summed E-state index contributed by atoms with van der Waals surface area (Å²) in [6, 6.07) is 25.1. The Morgan fingerprint density at radius 3 is 2.25 bits per heavy atom. The smallest absolute Gasteiger partial charge is 0.166 e. The van der Waals surface area contributed by atoms with Crippen molar-refractivity contribution in [3.8, 4) is 22.4 Å². The van der Waals surface area contributed by atoms with Crippen LogP contribution in [0.1, 0.15) is 5.69 Å². The Bertz CT molecular complexity index is 1430.